The lowest BCUT2D eigenvalue weighted by Crippen LogP contribution is -2.31. The number of Topliss-reactive ketones (excluding diaryl/α,β-unsaturated/α-hetero) is 1. The van der Waals surface area contributed by atoms with Gasteiger partial charge >= 0.3 is 5.97 Å². The van der Waals surface area contributed by atoms with Crippen LogP contribution in [0, 0.1) is 5.92 Å². The average Bonchev–Trinajstić information content (AvgIpc) is 2.69. The summed E-state index contributed by atoms with van der Waals surface area (Å²) < 4.78 is 4.75. The molecule has 4 nitrogen and oxygen atoms in total. The molecule has 0 N–H and O–H groups in total. The van der Waals surface area contributed by atoms with E-state index in [-0.39, 0.29) is 12.2 Å². The van der Waals surface area contributed by atoms with Gasteiger partial charge in [0.05, 0.1) is 13.2 Å². The van der Waals surface area contributed by atoms with Gasteiger partial charge in [0.25, 0.3) is 0 Å². The normalized spacial score (nSPS) is 16.4. The molecule has 0 aliphatic heterocycles. The van der Waals surface area contributed by atoms with E-state index >= 15 is 0 Å². The molecule has 1 rings (SSSR count). The molecule has 0 atom stereocenters. The first-order valence-corrected chi connectivity index (χ1v) is 6.47. The highest BCUT2D eigenvalue weighted by atomic mass is 16.5. The zero-order chi connectivity index (χ0) is 12.7. The quantitative estimate of drug-likeness (QED) is 0.502. The van der Waals surface area contributed by atoms with Crippen molar-refractivity contribution in [2.75, 3.05) is 26.7 Å². The van der Waals surface area contributed by atoms with Crippen LogP contribution in [0.15, 0.2) is 0 Å². The molecular weight excluding hydrogens is 218 g/mol. The van der Waals surface area contributed by atoms with E-state index in [9.17, 15) is 9.59 Å². The molecule has 0 spiro atoms. The number of nitrogens with zero attached hydrogens (tertiary/aromatic N) is 1. The van der Waals surface area contributed by atoms with Crippen molar-refractivity contribution in [3.05, 3.63) is 0 Å². The summed E-state index contributed by atoms with van der Waals surface area (Å²) in [5, 5.41) is 0. The second kappa shape index (κ2) is 7.43. The number of esters is 1. The molecular formula is C13H23NO3. The van der Waals surface area contributed by atoms with Gasteiger partial charge in [0, 0.05) is 6.54 Å². The zero-order valence-corrected chi connectivity index (χ0v) is 10.9. The molecule has 1 aliphatic rings. The van der Waals surface area contributed by atoms with Crippen LogP contribution < -0.4 is 0 Å². The first-order valence-electron chi connectivity index (χ1n) is 6.47. The fraction of sp³-hybridized carbons (Fsp3) is 0.846. The Morgan fingerprint density at radius 1 is 1.29 bits per heavy atom. The van der Waals surface area contributed by atoms with Crippen molar-refractivity contribution in [3.8, 4) is 0 Å². The Bertz CT molecular complexity index is 259. The van der Waals surface area contributed by atoms with Crippen molar-refractivity contribution in [1.82, 2.24) is 4.90 Å². The van der Waals surface area contributed by atoms with E-state index in [1.165, 1.54) is 25.7 Å². The number of likely N-dealkylation sites (N-methyl/N-ethyl adjacent to an activating group) is 1. The van der Waals surface area contributed by atoms with Gasteiger partial charge in [0.15, 0.2) is 5.78 Å². The maximum absolute atomic E-state index is 11.6. The molecule has 17 heavy (non-hydrogen) atoms. The summed E-state index contributed by atoms with van der Waals surface area (Å²) in [6.07, 6.45) is 5.08. The summed E-state index contributed by atoms with van der Waals surface area (Å²) in [5.74, 6) is 0.270. The Labute approximate surface area is 103 Å². The molecule has 0 aromatic carbocycles. The predicted octanol–water partition coefficient (Wildman–Crippen LogP) is 1.63. The average molecular weight is 241 g/mol. The standard InChI is InChI=1S/C13H23NO3/c1-3-17-13(16)8-12(15)10-14(2)9-11-6-4-5-7-11/h11H,3-10H2,1-2H3. The summed E-state index contributed by atoms with van der Waals surface area (Å²) in [5.41, 5.74) is 0. The van der Waals surface area contributed by atoms with Crippen LogP contribution in [-0.4, -0.2) is 43.4 Å². The second-order valence-corrected chi connectivity index (χ2v) is 4.87. The van der Waals surface area contributed by atoms with Crippen LogP contribution >= 0.6 is 0 Å². The SMILES string of the molecule is CCOC(=O)CC(=O)CN(C)CC1CCCC1. The lowest BCUT2D eigenvalue weighted by atomic mass is 10.1. The van der Waals surface area contributed by atoms with Crippen molar-refractivity contribution >= 4 is 11.8 Å². The molecule has 1 aliphatic carbocycles. The molecule has 0 aromatic heterocycles. The number of hydrogen-bond donors (Lipinski definition) is 0. The van der Waals surface area contributed by atoms with Crippen molar-refractivity contribution in [2.24, 2.45) is 5.92 Å². The number of hydrogen-bond acceptors (Lipinski definition) is 4. The first kappa shape index (κ1) is 14.2. The van der Waals surface area contributed by atoms with E-state index in [0.29, 0.717) is 13.2 Å². The van der Waals surface area contributed by atoms with Gasteiger partial charge in [-0.2, -0.15) is 0 Å². The maximum atomic E-state index is 11.6. The number of rotatable bonds is 7. The predicted molar refractivity (Wildman–Crippen MR) is 65.7 cm³/mol. The third-order valence-electron chi connectivity index (χ3n) is 3.14. The molecule has 98 valence electrons. The lowest BCUT2D eigenvalue weighted by molar-refractivity contribution is -0.145. The molecule has 0 unspecified atom stereocenters. The van der Waals surface area contributed by atoms with Crippen LogP contribution in [-0.2, 0) is 14.3 Å². The van der Waals surface area contributed by atoms with Crippen molar-refractivity contribution < 1.29 is 14.3 Å². The van der Waals surface area contributed by atoms with Crippen LogP contribution in [0.1, 0.15) is 39.0 Å². The van der Waals surface area contributed by atoms with Gasteiger partial charge in [-0.15, -0.1) is 0 Å². The van der Waals surface area contributed by atoms with Gasteiger partial charge in [0.1, 0.15) is 6.42 Å². The topological polar surface area (TPSA) is 46.6 Å². The smallest absolute Gasteiger partial charge is 0.313 e. The second-order valence-electron chi connectivity index (χ2n) is 4.87. The van der Waals surface area contributed by atoms with Crippen LogP contribution in [0.3, 0.4) is 0 Å². The third kappa shape index (κ3) is 5.82. The van der Waals surface area contributed by atoms with E-state index in [1.807, 2.05) is 11.9 Å². The van der Waals surface area contributed by atoms with Crippen LogP contribution in [0.4, 0.5) is 0 Å². The molecule has 1 saturated carbocycles. The van der Waals surface area contributed by atoms with E-state index in [2.05, 4.69) is 0 Å². The van der Waals surface area contributed by atoms with Gasteiger partial charge in [-0.05, 0) is 32.7 Å². The highest BCUT2D eigenvalue weighted by Crippen LogP contribution is 2.24. The molecule has 4 heteroatoms. The van der Waals surface area contributed by atoms with Crippen LogP contribution in [0.2, 0.25) is 0 Å². The Morgan fingerprint density at radius 3 is 2.53 bits per heavy atom. The minimum absolute atomic E-state index is 0.0519. The fourth-order valence-electron chi connectivity index (χ4n) is 2.43. The van der Waals surface area contributed by atoms with Gasteiger partial charge in [-0.25, -0.2) is 0 Å². The molecule has 1 fully saturated rings. The summed E-state index contributed by atoms with van der Waals surface area (Å²) in [7, 11) is 1.95. The van der Waals surface area contributed by atoms with Crippen molar-refractivity contribution in [1.29, 1.82) is 0 Å². The minimum atomic E-state index is -0.410. The number of ketones is 1. The number of carbonyl (C=O) groups is 2. The largest absolute Gasteiger partial charge is 0.466 e. The van der Waals surface area contributed by atoms with E-state index in [1.54, 1.807) is 6.92 Å². The van der Waals surface area contributed by atoms with E-state index < -0.39 is 5.97 Å². The Hall–Kier alpha value is -0.900. The molecule has 0 radical (unpaired) electrons. The molecule has 0 saturated heterocycles. The van der Waals surface area contributed by atoms with E-state index in [0.717, 1.165) is 12.5 Å². The number of ether oxygens (including phenoxy) is 1. The summed E-state index contributed by atoms with van der Waals surface area (Å²) in [6.45, 7) is 3.41. The monoisotopic (exact) mass is 241 g/mol. The lowest BCUT2D eigenvalue weighted by Gasteiger charge is -2.19. The minimum Gasteiger partial charge on any atom is -0.466 e. The fourth-order valence-corrected chi connectivity index (χ4v) is 2.43. The van der Waals surface area contributed by atoms with Gasteiger partial charge in [-0.3, -0.25) is 14.5 Å². The van der Waals surface area contributed by atoms with Gasteiger partial charge < -0.3 is 4.74 Å². The summed E-state index contributed by atoms with van der Waals surface area (Å²) >= 11 is 0. The molecule has 0 aromatic rings. The Morgan fingerprint density at radius 2 is 1.94 bits per heavy atom. The van der Waals surface area contributed by atoms with Gasteiger partial charge in [-0.1, -0.05) is 12.8 Å². The molecule has 0 bridgehead atoms. The Kier molecular flexibility index (Phi) is 6.19. The first-order chi connectivity index (χ1) is 8.11. The number of carbonyl (C=O) groups excluding carboxylic acids is 2. The molecule has 0 heterocycles. The third-order valence-corrected chi connectivity index (χ3v) is 3.14. The van der Waals surface area contributed by atoms with Crippen molar-refractivity contribution in [3.63, 3.8) is 0 Å². The zero-order valence-electron chi connectivity index (χ0n) is 10.9. The highest BCUT2D eigenvalue weighted by molar-refractivity contribution is 5.96. The highest BCUT2D eigenvalue weighted by Gasteiger charge is 2.18. The Balaban J connectivity index is 2.18. The van der Waals surface area contributed by atoms with Crippen LogP contribution in [0.5, 0.6) is 0 Å². The van der Waals surface area contributed by atoms with Gasteiger partial charge in [0.2, 0.25) is 0 Å². The summed E-state index contributed by atoms with van der Waals surface area (Å²) in [6, 6.07) is 0. The van der Waals surface area contributed by atoms with Crippen molar-refractivity contribution in [2.45, 2.75) is 39.0 Å². The molecule has 0 amide bonds. The summed E-state index contributed by atoms with van der Waals surface area (Å²) in [4.78, 5) is 24.7. The van der Waals surface area contributed by atoms with E-state index in [4.69, 9.17) is 4.74 Å². The van der Waals surface area contributed by atoms with Crippen LogP contribution in [0.25, 0.3) is 0 Å². The maximum Gasteiger partial charge on any atom is 0.313 e.